The fraction of sp³-hybridized carbons (Fsp3) is 0.618. The van der Waals surface area contributed by atoms with Crippen LogP contribution >= 0.6 is 0 Å². The van der Waals surface area contributed by atoms with Crippen molar-refractivity contribution in [1.82, 2.24) is 20.3 Å². The number of amides is 4. The first-order valence-electron chi connectivity index (χ1n) is 16.7. The van der Waals surface area contributed by atoms with Gasteiger partial charge in [0, 0.05) is 12.3 Å². The highest BCUT2D eigenvalue weighted by molar-refractivity contribution is 7.91. The van der Waals surface area contributed by atoms with Crippen molar-refractivity contribution < 1.29 is 37.2 Å². The number of sulfonamides is 1. The Kier molecular flexibility index (Phi) is 10.2. The number of likely N-dealkylation sites (tertiary alicyclic amines) is 1. The van der Waals surface area contributed by atoms with E-state index in [9.17, 15) is 27.6 Å². The summed E-state index contributed by atoms with van der Waals surface area (Å²) in [5, 5.41) is 9.17. The van der Waals surface area contributed by atoms with Gasteiger partial charge in [0.05, 0.1) is 17.5 Å². The van der Waals surface area contributed by atoms with E-state index in [2.05, 4.69) is 27.1 Å². The Labute approximate surface area is 282 Å². The van der Waals surface area contributed by atoms with Crippen LogP contribution < -0.4 is 15.4 Å². The number of hydrogen-bond acceptors (Lipinski definition) is 9. The number of ether oxygens (including phenoxy) is 1. The molecule has 1 aromatic carbocycles. The number of rotatable bonds is 12. The molecule has 3 aliphatic carbocycles. The van der Waals surface area contributed by atoms with Gasteiger partial charge in [-0.05, 0) is 62.8 Å². The number of carbonyl (C=O) groups excluding carboxylic acids is 4. The molecule has 0 bridgehead atoms. The highest BCUT2D eigenvalue weighted by Crippen LogP contribution is 2.45. The van der Waals surface area contributed by atoms with Gasteiger partial charge in [0.1, 0.15) is 29.8 Å². The van der Waals surface area contributed by atoms with Crippen LogP contribution in [0.4, 0.5) is 4.79 Å². The van der Waals surface area contributed by atoms with E-state index in [1.165, 1.54) is 11.0 Å². The lowest BCUT2D eigenvalue weighted by molar-refractivity contribution is -0.143. The Morgan fingerprint density at radius 3 is 2.31 bits per heavy atom. The van der Waals surface area contributed by atoms with E-state index in [1.807, 2.05) is 30.3 Å². The average molecular weight is 686 g/mol. The van der Waals surface area contributed by atoms with Gasteiger partial charge in [-0.15, -0.1) is 6.58 Å². The quantitative estimate of drug-likeness (QED) is 0.171. The zero-order valence-corrected chi connectivity index (χ0v) is 28.9. The number of nitrogens with zero attached hydrogens (tertiary/aromatic N) is 2. The van der Waals surface area contributed by atoms with Gasteiger partial charge in [-0.2, -0.15) is 0 Å². The van der Waals surface area contributed by atoms with Gasteiger partial charge in [-0.1, -0.05) is 62.3 Å². The second kappa shape index (κ2) is 13.9. The Morgan fingerprint density at radius 2 is 1.73 bits per heavy atom. The highest BCUT2D eigenvalue weighted by Gasteiger charge is 2.62. The van der Waals surface area contributed by atoms with Gasteiger partial charge in [-0.25, -0.2) is 13.2 Å². The van der Waals surface area contributed by atoms with Crippen LogP contribution in [0.2, 0.25) is 0 Å². The lowest BCUT2D eigenvalue weighted by Crippen LogP contribution is -2.60. The third-order valence-corrected chi connectivity index (χ3v) is 11.4. The minimum Gasteiger partial charge on any atom is -0.446 e. The van der Waals surface area contributed by atoms with Crippen molar-refractivity contribution in [2.45, 2.75) is 114 Å². The number of hydrogen-bond donors (Lipinski definition) is 3. The molecule has 1 heterocycles. The molecule has 13 nitrogen and oxygen atoms in total. The topological polar surface area (TPSA) is 173 Å². The second-order valence-corrected chi connectivity index (χ2v) is 16.4. The largest absolute Gasteiger partial charge is 0.446 e. The fourth-order valence-corrected chi connectivity index (χ4v) is 7.76. The van der Waals surface area contributed by atoms with Crippen LogP contribution in [0.3, 0.4) is 0 Å². The molecule has 0 spiro atoms. The summed E-state index contributed by atoms with van der Waals surface area (Å²) in [4.78, 5) is 61.9. The molecule has 5 rings (SSSR count). The van der Waals surface area contributed by atoms with E-state index in [-0.39, 0.29) is 25.5 Å². The first-order valence-corrected chi connectivity index (χ1v) is 18.2. The molecule has 262 valence electrons. The van der Waals surface area contributed by atoms with E-state index in [0.717, 1.165) is 31.2 Å². The van der Waals surface area contributed by atoms with Crippen LogP contribution in [0.15, 0.2) is 48.1 Å². The zero-order chi connectivity index (χ0) is 34.9. The SMILES string of the molecule is C=C[C@@H]1C[C@@]1(NC(=O)[C@@H]1C[C@@H](O/N=C(\C)c2ccccc2)CN1C(=O)[C@@H](NC(=O)OC1CCCC1)C(C)(C)C)C(=O)NS(=O)(=O)C1CC1. The Morgan fingerprint density at radius 1 is 1.06 bits per heavy atom. The Balaban J connectivity index is 1.37. The molecule has 3 saturated carbocycles. The van der Waals surface area contributed by atoms with Crippen molar-refractivity contribution in [3.05, 3.63) is 48.6 Å². The van der Waals surface area contributed by atoms with Gasteiger partial charge in [-0.3, -0.25) is 19.1 Å². The number of oxime groups is 1. The van der Waals surface area contributed by atoms with Crippen LogP contribution in [-0.4, -0.2) is 84.5 Å². The summed E-state index contributed by atoms with van der Waals surface area (Å²) >= 11 is 0. The molecule has 1 aliphatic heterocycles. The number of benzene rings is 1. The molecule has 14 heteroatoms. The molecule has 0 radical (unpaired) electrons. The normalized spacial score (nSPS) is 26.7. The van der Waals surface area contributed by atoms with Gasteiger partial charge in [0.2, 0.25) is 21.8 Å². The molecule has 4 fully saturated rings. The van der Waals surface area contributed by atoms with E-state index >= 15 is 0 Å². The molecular formula is C34H47N5O8S. The summed E-state index contributed by atoms with van der Waals surface area (Å²) in [6, 6.07) is 7.23. The molecule has 1 saturated heterocycles. The van der Waals surface area contributed by atoms with Crippen LogP contribution in [0, 0.1) is 11.3 Å². The fourth-order valence-electron chi connectivity index (χ4n) is 6.39. The molecule has 3 N–H and O–H groups in total. The van der Waals surface area contributed by atoms with Crippen LogP contribution in [-0.2, 0) is 34.0 Å². The molecule has 0 aromatic heterocycles. The summed E-state index contributed by atoms with van der Waals surface area (Å²) in [7, 11) is -3.87. The first kappa shape index (κ1) is 35.4. The molecule has 0 unspecified atom stereocenters. The lowest BCUT2D eigenvalue weighted by atomic mass is 9.85. The van der Waals surface area contributed by atoms with Crippen LogP contribution in [0.25, 0.3) is 0 Å². The standard InChI is InChI=1S/C34H47N5O8S/c1-6-23-19-34(23,31(42)38-48(44,45)26-16-17-26)36-29(40)27-18-25(47-37-21(2)22-12-8-7-9-13-22)20-39(27)30(41)28(33(3,4)5)35-32(43)46-24-14-10-11-15-24/h6-9,12-13,23-28H,1,10-11,14-20H2,2-5H3,(H,35,43)(H,36,40)(H,38,42)/b37-21+/t23-,25-,27+,28-,34+/m1/s1. The molecule has 5 atom stereocenters. The van der Waals surface area contributed by atoms with Crippen molar-refractivity contribution in [2.24, 2.45) is 16.5 Å². The van der Waals surface area contributed by atoms with Crippen molar-refractivity contribution in [2.75, 3.05) is 6.54 Å². The van der Waals surface area contributed by atoms with Gasteiger partial charge < -0.3 is 25.1 Å². The molecule has 1 aromatic rings. The predicted molar refractivity (Wildman–Crippen MR) is 178 cm³/mol. The molecule has 4 amide bonds. The molecular weight excluding hydrogens is 638 g/mol. The maximum Gasteiger partial charge on any atom is 0.408 e. The van der Waals surface area contributed by atoms with Gasteiger partial charge in [0.25, 0.3) is 5.91 Å². The predicted octanol–water partition coefficient (Wildman–Crippen LogP) is 3.15. The van der Waals surface area contributed by atoms with E-state index < -0.39 is 74.1 Å². The third-order valence-electron chi connectivity index (χ3n) is 9.58. The Hall–Kier alpha value is -3.94. The molecule has 48 heavy (non-hydrogen) atoms. The monoisotopic (exact) mass is 685 g/mol. The van der Waals surface area contributed by atoms with Crippen molar-refractivity contribution in [3.63, 3.8) is 0 Å². The average Bonchev–Trinajstić information content (AvgIpc) is 3.92. The maximum absolute atomic E-state index is 14.3. The van der Waals surface area contributed by atoms with Gasteiger partial charge >= 0.3 is 6.09 Å². The van der Waals surface area contributed by atoms with Crippen molar-refractivity contribution in [1.29, 1.82) is 0 Å². The van der Waals surface area contributed by atoms with Gasteiger partial charge in [0.15, 0.2) is 0 Å². The Bertz CT molecular complexity index is 1550. The highest BCUT2D eigenvalue weighted by atomic mass is 32.2. The minimum absolute atomic E-state index is 0.0193. The lowest BCUT2D eigenvalue weighted by Gasteiger charge is -2.35. The third kappa shape index (κ3) is 8.01. The zero-order valence-electron chi connectivity index (χ0n) is 28.1. The summed E-state index contributed by atoms with van der Waals surface area (Å²) in [5.74, 6) is -2.50. The number of carbonyl (C=O) groups is 4. The summed E-state index contributed by atoms with van der Waals surface area (Å²) < 4.78 is 32.9. The summed E-state index contributed by atoms with van der Waals surface area (Å²) in [5.41, 5.74) is -0.849. The van der Waals surface area contributed by atoms with Crippen LogP contribution in [0.5, 0.6) is 0 Å². The summed E-state index contributed by atoms with van der Waals surface area (Å²) in [6.07, 6.45) is 4.51. The van der Waals surface area contributed by atoms with E-state index in [4.69, 9.17) is 9.57 Å². The van der Waals surface area contributed by atoms with Crippen LogP contribution in [0.1, 0.15) is 84.6 Å². The summed E-state index contributed by atoms with van der Waals surface area (Å²) in [6.45, 7) is 10.9. The second-order valence-electron chi connectivity index (χ2n) is 14.4. The minimum atomic E-state index is -3.87. The van der Waals surface area contributed by atoms with E-state index in [0.29, 0.717) is 18.6 Å². The van der Waals surface area contributed by atoms with Crippen molar-refractivity contribution in [3.8, 4) is 0 Å². The first-order chi connectivity index (χ1) is 22.6. The molecule has 4 aliphatic rings. The van der Waals surface area contributed by atoms with Crippen molar-refractivity contribution >= 4 is 39.5 Å². The maximum atomic E-state index is 14.3. The number of nitrogens with one attached hydrogen (secondary N) is 3. The smallest absolute Gasteiger partial charge is 0.408 e. The van der Waals surface area contributed by atoms with E-state index in [1.54, 1.807) is 27.7 Å². The number of alkyl carbamates (subject to hydrolysis) is 1.